The Labute approximate surface area is 184 Å². The van der Waals surface area contributed by atoms with E-state index in [0.29, 0.717) is 25.9 Å². The maximum Gasteiger partial charge on any atom is 0.310 e. The summed E-state index contributed by atoms with van der Waals surface area (Å²) in [4.78, 5) is 42.8. The summed E-state index contributed by atoms with van der Waals surface area (Å²) in [5.74, 6) is -3.60. The van der Waals surface area contributed by atoms with Crippen molar-refractivity contribution < 1.29 is 29.3 Å². The first-order valence-corrected chi connectivity index (χ1v) is 11.4. The largest absolute Gasteiger partial charge is 0.481 e. The number of carbonyl (C=O) groups is 3. The molecule has 3 unspecified atom stereocenters. The van der Waals surface area contributed by atoms with Crippen molar-refractivity contribution in [2.24, 2.45) is 17.8 Å². The Morgan fingerprint density at radius 3 is 2.65 bits per heavy atom. The molecule has 0 aromatic carbocycles. The van der Waals surface area contributed by atoms with E-state index in [-0.39, 0.29) is 30.9 Å². The van der Waals surface area contributed by atoms with Crippen molar-refractivity contribution in [2.45, 2.75) is 70.1 Å². The van der Waals surface area contributed by atoms with Crippen LogP contribution in [0.2, 0.25) is 0 Å². The molecule has 0 radical (unpaired) electrons. The highest BCUT2D eigenvalue weighted by Crippen LogP contribution is 2.65. The molecular formula is C23H36N2O6. The lowest BCUT2D eigenvalue weighted by molar-refractivity contribution is -0.158. The van der Waals surface area contributed by atoms with E-state index in [0.717, 1.165) is 19.3 Å². The van der Waals surface area contributed by atoms with Gasteiger partial charge < -0.3 is 24.7 Å². The second-order valence-corrected chi connectivity index (χ2v) is 9.43. The lowest BCUT2D eigenvalue weighted by atomic mass is 9.62. The Balaban J connectivity index is 2.03. The van der Waals surface area contributed by atoms with Gasteiger partial charge in [-0.25, -0.2) is 0 Å². The van der Waals surface area contributed by atoms with Crippen LogP contribution in [-0.2, 0) is 19.1 Å². The van der Waals surface area contributed by atoms with Gasteiger partial charge in [0.25, 0.3) is 0 Å². The van der Waals surface area contributed by atoms with Gasteiger partial charge in [-0.15, -0.1) is 6.58 Å². The third-order valence-corrected chi connectivity index (χ3v) is 7.56. The molecule has 2 amide bonds. The summed E-state index contributed by atoms with van der Waals surface area (Å²) in [6, 6.07) is -0.883. The molecule has 2 bridgehead atoms. The van der Waals surface area contributed by atoms with E-state index in [4.69, 9.17) is 4.74 Å². The van der Waals surface area contributed by atoms with E-state index in [1.165, 1.54) is 4.90 Å². The molecule has 8 heteroatoms. The van der Waals surface area contributed by atoms with Crippen LogP contribution in [-0.4, -0.2) is 81.3 Å². The fourth-order valence-electron chi connectivity index (χ4n) is 6.05. The smallest absolute Gasteiger partial charge is 0.310 e. The normalized spacial score (nSPS) is 36.0. The number of nitrogens with zero attached hydrogens (tertiary/aromatic N) is 2. The third-order valence-electron chi connectivity index (χ3n) is 7.56. The number of aliphatic hydroxyl groups is 1. The number of rotatable bonds is 11. The molecule has 0 aliphatic carbocycles. The molecule has 0 aromatic heterocycles. The SMILES string of the molecule is C=CCN(CCCCC)C(=O)C1N(CCCO)C(=O)[C@@H]2[C@@H](C(=O)O)[C@]3(C)OC12CC3C. The summed E-state index contributed by atoms with van der Waals surface area (Å²) in [5.41, 5.74) is -2.13. The van der Waals surface area contributed by atoms with Crippen LogP contribution < -0.4 is 0 Å². The van der Waals surface area contributed by atoms with Crippen LogP contribution >= 0.6 is 0 Å². The van der Waals surface area contributed by atoms with Gasteiger partial charge in [-0.2, -0.15) is 0 Å². The molecule has 3 aliphatic rings. The van der Waals surface area contributed by atoms with Gasteiger partial charge >= 0.3 is 5.97 Å². The van der Waals surface area contributed by atoms with Gasteiger partial charge in [0, 0.05) is 26.2 Å². The van der Waals surface area contributed by atoms with E-state index in [1.54, 1.807) is 17.9 Å². The zero-order valence-corrected chi connectivity index (χ0v) is 18.9. The number of hydrogen-bond acceptors (Lipinski definition) is 5. The Morgan fingerprint density at radius 2 is 2.06 bits per heavy atom. The summed E-state index contributed by atoms with van der Waals surface area (Å²) < 4.78 is 6.45. The standard InChI is InChI=1S/C23H36N2O6/c1-5-7-8-11-24(10-6-2)20(28)18-23-14-15(3)22(4,31-23)17(21(29)30)16(23)19(27)25(18)12-9-13-26/h6,15-18,26H,2,5,7-14H2,1,3-4H3,(H,29,30)/t15?,16-,17-,18?,22+,23?/m0/s1. The van der Waals surface area contributed by atoms with Gasteiger partial charge in [0.1, 0.15) is 17.6 Å². The Kier molecular flexibility index (Phi) is 6.81. The van der Waals surface area contributed by atoms with Crippen molar-refractivity contribution >= 4 is 17.8 Å². The number of carboxylic acid groups (broad SMARTS) is 1. The van der Waals surface area contributed by atoms with Crippen LogP contribution in [0.15, 0.2) is 12.7 Å². The fraction of sp³-hybridized carbons (Fsp3) is 0.783. The topological polar surface area (TPSA) is 107 Å². The summed E-state index contributed by atoms with van der Waals surface area (Å²) in [6.07, 6.45) is 5.30. The summed E-state index contributed by atoms with van der Waals surface area (Å²) in [7, 11) is 0. The molecule has 3 heterocycles. The van der Waals surface area contributed by atoms with E-state index in [9.17, 15) is 24.6 Å². The van der Waals surface area contributed by atoms with Crippen molar-refractivity contribution in [3.05, 3.63) is 12.7 Å². The minimum Gasteiger partial charge on any atom is -0.481 e. The highest BCUT2D eigenvalue weighted by Gasteiger charge is 2.80. The van der Waals surface area contributed by atoms with Crippen LogP contribution in [0.3, 0.4) is 0 Å². The second-order valence-electron chi connectivity index (χ2n) is 9.43. The predicted molar refractivity (Wildman–Crippen MR) is 114 cm³/mol. The molecule has 3 aliphatic heterocycles. The Hall–Kier alpha value is -1.93. The van der Waals surface area contributed by atoms with Gasteiger partial charge in [0.05, 0.1) is 11.5 Å². The average Bonchev–Trinajstić information content (AvgIpc) is 3.22. The number of fused-ring (bicyclic) bond motifs is 1. The van der Waals surface area contributed by atoms with Crippen molar-refractivity contribution in [1.82, 2.24) is 9.80 Å². The third kappa shape index (κ3) is 3.57. The lowest BCUT2D eigenvalue weighted by Gasteiger charge is -2.37. The quantitative estimate of drug-likeness (QED) is 0.377. The van der Waals surface area contributed by atoms with Gasteiger partial charge in [0.2, 0.25) is 11.8 Å². The number of likely N-dealkylation sites (tertiary alicyclic amines) is 1. The molecule has 174 valence electrons. The number of amides is 2. The van der Waals surface area contributed by atoms with Crippen molar-refractivity contribution in [1.29, 1.82) is 0 Å². The summed E-state index contributed by atoms with van der Waals surface area (Å²) >= 11 is 0. The number of hydrogen-bond donors (Lipinski definition) is 2. The van der Waals surface area contributed by atoms with Crippen molar-refractivity contribution in [3.63, 3.8) is 0 Å². The molecule has 2 N–H and O–H groups in total. The molecule has 3 fully saturated rings. The zero-order chi connectivity index (χ0) is 23.0. The fourth-order valence-corrected chi connectivity index (χ4v) is 6.05. The number of unbranched alkanes of at least 4 members (excludes halogenated alkanes) is 2. The molecule has 6 atom stereocenters. The molecule has 31 heavy (non-hydrogen) atoms. The first-order chi connectivity index (χ1) is 14.7. The van der Waals surface area contributed by atoms with Gasteiger partial charge in [-0.3, -0.25) is 14.4 Å². The minimum atomic E-state index is -1.15. The van der Waals surface area contributed by atoms with Crippen LogP contribution in [0.1, 0.15) is 52.9 Å². The molecule has 1 spiro atoms. The van der Waals surface area contributed by atoms with E-state index in [1.807, 2.05) is 6.92 Å². The zero-order valence-electron chi connectivity index (χ0n) is 18.9. The number of aliphatic carboxylic acids is 1. The summed E-state index contributed by atoms with van der Waals surface area (Å²) in [5, 5.41) is 19.4. The highest BCUT2D eigenvalue weighted by molar-refractivity contribution is 5.98. The number of carboxylic acids is 1. The number of aliphatic hydroxyl groups excluding tert-OH is 1. The van der Waals surface area contributed by atoms with E-state index < -0.39 is 35.0 Å². The molecular weight excluding hydrogens is 400 g/mol. The van der Waals surface area contributed by atoms with Crippen LogP contribution in [0, 0.1) is 17.8 Å². The van der Waals surface area contributed by atoms with E-state index in [2.05, 4.69) is 13.5 Å². The molecule has 3 saturated heterocycles. The van der Waals surface area contributed by atoms with Crippen LogP contribution in [0.25, 0.3) is 0 Å². The van der Waals surface area contributed by atoms with Gasteiger partial charge in [-0.05, 0) is 32.1 Å². The van der Waals surface area contributed by atoms with Crippen LogP contribution in [0.4, 0.5) is 0 Å². The highest BCUT2D eigenvalue weighted by atomic mass is 16.5. The Morgan fingerprint density at radius 1 is 1.35 bits per heavy atom. The van der Waals surface area contributed by atoms with Crippen molar-refractivity contribution in [2.75, 3.05) is 26.2 Å². The first kappa shape index (κ1) is 23.7. The second kappa shape index (κ2) is 8.90. The molecule has 8 nitrogen and oxygen atoms in total. The monoisotopic (exact) mass is 436 g/mol. The predicted octanol–water partition coefficient (Wildman–Crippen LogP) is 1.67. The van der Waals surface area contributed by atoms with E-state index >= 15 is 0 Å². The number of ether oxygens (including phenoxy) is 1. The van der Waals surface area contributed by atoms with Crippen LogP contribution in [0.5, 0.6) is 0 Å². The maximum absolute atomic E-state index is 13.9. The summed E-state index contributed by atoms with van der Waals surface area (Å²) in [6.45, 7) is 10.6. The molecule has 3 rings (SSSR count). The lowest BCUT2D eigenvalue weighted by Crippen LogP contribution is -2.56. The number of carbonyl (C=O) groups excluding carboxylic acids is 2. The van der Waals surface area contributed by atoms with Gasteiger partial charge in [0.15, 0.2) is 0 Å². The molecule has 0 saturated carbocycles. The first-order valence-electron chi connectivity index (χ1n) is 11.4. The molecule has 0 aromatic rings. The van der Waals surface area contributed by atoms with Crippen molar-refractivity contribution in [3.8, 4) is 0 Å². The van der Waals surface area contributed by atoms with Gasteiger partial charge in [-0.1, -0.05) is 32.8 Å². The maximum atomic E-state index is 13.9. The minimum absolute atomic E-state index is 0.0984. The Bertz CT molecular complexity index is 742. The average molecular weight is 437 g/mol.